The summed E-state index contributed by atoms with van der Waals surface area (Å²) >= 11 is 3.36. The van der Waals surface area contributed by atoms with Gasteiger partial charge in [-0.05, 0) is 35.9 Å². The van der Waals surface area contributed by atoms with E-state index in [2.05, 4.69) is 21.2 Å². The lowest BCUT2D eigenvalue weighted by Gasteiger charge is -2.29. The lowest BCUT2D eigenvalue weighted by Crippen LogP contribution is -2.47. The standard InChI is InChI=1S/C20H23BrFN3O3S.C2HF3O2/c21-17-6-4-16(5-7-17)15-25(11-8-20(26)24-12-9-23-10-13-24)29(27,28)19-3-1-2-18(22)14-19;3-2(4,5)1(6)7/h1-7,14,23H,8-13,15H2;(H,6,7). The van der Waals surface area contributed by atoms with Crippen LogP contribution in [0.15, 0.2) is 57.9 Å². The Hall–Kier alpha value is -2.55. The van der Waals surface area contributed by atoms with E-state index in [1.165, 1.54) is 22.5 Å². The number of amides is 1. The zero-order valence-corrected chi connectivity index (χ0v) is 21.2. The first-order chi connectivity index (χ1) is 16.8. The Bertz CT molecular complexity index is 1140. The van der Waals surface area contributed by atoms with Gasteiger partial charge in [0, 0.05) is 50.2 Å². The number of hydrogen-bond acceptors (Lipinski definition) is 5. The average Bonchev–Trinajstić information content (AvgIpc) is 2.83. The van der Waals surface area contributed by atoms with Crippen molar-refractivity contribution < 1.29 is 40.7 Å². The maximum Gasteiger partial charge on any atom is 0.490 e. The Morgan fingerprint density at radius 2 is 1.67 bits per heavy atom. The van der Waals surface area contributed by atoms with Crippen LogP contribution in [0.2, 0.25) is 0 Å². The predicted octanol–water partition coefficient (Wildman–Crippen LogP) is 3.23. The van der Waals surface area contributed by atoms with Crippen molar-refractivity contribution in [2.24, 2.45) is 0 Å². The van der Waals surface area contributed by atoms with Crippen LogP contribution in [-0.2, 0) is 26.2 Å². The molecule has 8 nitrogen and oxygen atoms in total. The van der Waals surface area contributed by atoms with Crippen molar-refractivity contribution in [3.8, 4) is 0 Å². The van der Waals surface area contributed by atoms with Crippen LogP contribution in [0, 0.1) is 5.82 Å². The van der Waals surface area contributed by atoms with E-state index < -0.39 is 28.0 Å². The summed E-state index contributed by atoms with van der Waals surface area (Å²) in [6, 6.07) is 12.2. The number of carboxylic acid groups (broad SMARTS) is 1. The molecule has 36 heavy (non-hydrogen) atoms. The number of sulfonamides is 1. The van der Waals surface area contributed by atoms with E-state index in [-0.39, 0.29) is 30.3 Å². The van der Waals surface area contributed by atoms with Crippen molar-refractivity contribution in [1.29, 1.82) is 0 Å². The third-order valence-corrected chi connectivity index (χ3v) is 7.36. The molecule has 2 N–H and O–H groups in total. The molecule has 0 aliphatic carbocycles. The number of alkyl halides is 3. The third-order valence-electron chi connectivity index (χ3n) is 4.99. The second-order valence-electron chi connectivity index (χ2n) is 7.61. The highest BCUT2D eigenvalue weighted by Gasteiger charge is 2.38. The molecule has 1 fully saturated rings. The molecule has 2 aromatic carbocycles. The minimum Gasteiger partial charge on any atom is -0.475 e. The van der Waals surface area contributed by atoms with Crippen molar-refractivity contribution in [1.82, 2.24) is 14.5 Å². The molecule has 14 heteroatoms. The van der Waals surface area contributed by atoms with Crippen molar-refractivity contribution in [2.75, 3.05) is 32.7 Å². The van der Waals surface area contributed by atoms with E-state index in [0.717, 1.165) is 29.2 Å². The van der Waals surface area contributed by atoms with E-state index in [9.17, 15) is 30.8 Å². The molecule has 0 aromatic heterocycles. The van der Waals surface area contributed by atoms with Crippen LogP contribution in [0.25, 0.3) is 0 Å². The smallest absolute Gasteiger partial charge is 0.475 e. The van der Waals surface area contributed by atoms with Crippen LogP contribution in [0.5, 0.6) is 0 Å². The first-order valence-corrected chi connectivity index (χ1v) is 12.8. The Morgan fingerprint density at radius 3 is 2.19 bits per heavy atom. The number of rotatable bonds is 7. The highest BCUT2D eigenvalue weighted by Crippen LogP contribution is 2.21. The summed E-state index contributed by atoms with van der Waals surface area (Å²) in [6.45, 7) is 2.81. The molecule has 0 bridgehead atoms. The summed E-state index contributed by atoms with van der Waals surface area (Å²) in [4.78, 5) is 23.0. The van der Waals surface area contributed by atoms with Crippen molar-refractivity contribution in [3.63, 3.8) is 0 Å². The van der Waals surface area contributed by atoms with Crippen LogP contribution in [-0.4, -0.2) is 73.5 Å². The second-order valence-corrected chi connectivity index (χ2v) is 10.5. The molecule has 2 aromatic rings. The molecule has 1 aliphatic heterocycles. The molecule has 1 heterocycles. The summed E-state index contributed by atoms with van der Waals surface area (Å²) in [5, 5.41) is 10.3. The number of carbonyl (C=O) groups excluding carboxylic acids is 1. The fraction of sp³-hybridized carbons (Fsp3) is 0.364. The Kier molecular flexibility index (Phi) is 10.8. The largest absolute Gasteiger partial charge is 0.490 e. The maximum absolute atomic E-state index is 13.6. The predicted molar refractivity (Wildman–Crippen MR) is 126 cm³/mol. The lowest BCUT2D eigenvalue weighted by atomic mass is 10.2. The fourth-order valence-electron chi connectivity index (χ4n) is 3.15. The van der Waals surface area contributed by atoms with Gasteiger partial charge < -0.3 is 15.3 Å². The van der Waals surface area contributed by atoms with E-state index in [4.69, 9.17) is 9.90 Å². The van der Waals surface area contributed by atoms with Crippen molar-refractivity contribution in [3.05, 3.63) is 64.4 Å². The number of halogens is 5. The number of hydrogen-bond donors (Lipinski definition) is 2. The van der Waals surface area contributed by atoms with Gasteiger partial charge in [-0.2, -0.15) is 17.5 Å². The summed E-state index contributed by atoms with van der Waals surface area (Å²) in [5.41, 5.74) is 0.780. The van der Waals surface area contributed by atoms with Crippen LogP contribution in [0.3, 0.4) is 0 Å². The highest BCUT2D eigenvalue weighted by molar-refractivity contribution is 9.10. The minimum absolute atomic E-state index is 0.0255. The van der Waals surface area contributed by atoms with Crippen molar-refractivity contribution >= 4 is 37.8 Å². The first kappa shape index (κ1) is 29.7. The number of nitrogens with zero attached hydrogens (tertiary/aromatic N) is 2. The lowest BCUT2D eigenvalue weighted by molar-refractivity contribution is -0.192. The summed E-state index contributed by atoms with van der Waals surface area (Å²) in [5.74, 6) is -3.46. The van der Waals surface area contributed by atoms with Crippen LogP contribution < -0.4 is 5.32 Å². The molecule has 198 valence electrons. The van der Waals surface area contributed by atoms with Crippen LogP contribution in [0.1, 0.15) is 12.0 Å². The zero-order chi connectivity index (χ0) is 26.9. The summed E-state index contributed by atoms with van der Waals surface area (Å²) < 4.78 is 73.8. The first-order valence-electron chi connectivity index (χ1n) is 10.6. The topological polar surface area (TPSA) is 107 Å². The normalized spacial score (nSPS) is 14.2. The molecule has 3 rings (SSSR count). The molecule has 0 atom stereocenters. The molecule has 1 saturated heterocycles. The number of carbonyl (C=O) groups is 2. The van der Waals surface area contributed by atoms with Gasteiger partial charge in [0.1, 0.15) is 5.82 Å². The fourth-order valence-corrected chi connectivity index (χ4v) is 4.87. The SMILES string of the molecule is O=C(CCN(Cc1ccc(Br)cc1)S(=O)(=O)c1cccc(F)c1)N1CCNCC1.O=C(O)C(F)(F)F. The quantitative estimate of drug-likeness (QED) is 0.475. The number of aliphatic carboxylic acids is 1. The average molecular weight is 598 g/mol. The molecular weight excluding hydrogens is 574 g/mol. The van der Waals surface area contributed by atoms with Gasteiger partial charge in [0.15, 0.2) is 0 Å². The van der Waals surface area contributed by atoms with Gasteiger partial charge in [-0.15, -0.1) is 0 Å². The Labute approximate surface area is 214 Å². The summed E-state index contributed by atoms with van der Waals surface area (Å²) in [7, 11) is -3.96. The Balaban J connectivity index is 0.000000572. The van der Waals surface area contributed by atoms with Gasteiger partial charge in [-0.1, -0.05) is 34.1 Å². The number of piperazine rings is 1. The maximum atomic E-state index is 13.6. The minimum atomic E-state index is -5.08. The highest BCUT2D eigenvalue weighted by atomic mass is 79.9. The van der Waals surface area contributed by atoms with Gasteiger partial charge >= 0.3 is 12.1 Å². The number of carboxylic acids is 1. The molecule has 1 amide bonds. The van der Waals surface area contributed by atoms with Gasteiger partial charge in [-0.25, -0.2) is 17.6 Å². The molecule has 0 spiro atoms. The molecule has 1 aliphatic rings. The molecule has 0 saturated carbocycles. The van der Waals surface area contributed by atoms with E-state index in [1.54, 1.807) is 4.90 Å². The monoisotopic (exact) mass is 597 g/mol. The summed E-state index contributed by atoms with van der Waals surface area (Å²) in [6.07, 6.45) is -5.01. The molecular formula is C22H24BrF4N3O5S. The van der Waals surface area contributed by atoms with Crippen molar-refractivity contribution in [2.45, 2.75) is 24.0 Å². The van der Waals surface area contributed by atoms with E-state index in [0.29, 0.717) is 13.1 Å². The van der Waals surface area contributed by atoms with E-state index in [1.807, 2.05) is 24.3 Å². The third kappa shape index (κ3) is 9.15. The zero-order valence-electron chi connectivity index (χ0n) is 18.8. The van der Waals surface area contributed by atoms with Gasteiger partial charge in [-0.3, -0.25) is 4.79 Å². The van der Waals surface area contributed by atoms with Crippen LogP contribution in [0.4, 0.5) is 17.6 Å². The van der Waals surface area contributed by atoms with Crippen LogP contribution >= 0.6 is 15.9 Å². The number of nitrogens with one attached hydrogen (secondary N) is 1. The number of benzene rings is 2. The molecule has 0 radical (unpaired) electrons. The Morgan fingerprint density at radius 1 is 1.08 bits per heavy atom. The molecule has 0 unspecified atom stereocenters. The van der Waals surface area contributed by atoms with Gasteiger partial charge in [0.05, 0.1) is 4.90 Å². The van der Waals surface area contributed by atoms with Gasteiger partial charge in [0.25, 0.3) is 0 Å². The second kappa shape index (κ2) is 13.1. The van der Waals surface area contributed by atoms with Gasteiger partial charge in [0.2, 0.25) is 15.9 Å². The van der Waals surface area contributed by atoms with E-state index >= 15 is 0 Å².